The number of aliphatic carboxylic acids is 1. The molecule has 1 fully saturated rings. The van der Waals surface area contributed by atoms with Gasteiger partial charge in [-0.15, -0.1) is 11.8 Å². The van der Waals surface area contributed by atoms with Crippen molar-refractivity contribution in [3.05, 3.63) is 63.6 Å². The van der Waals surface area contributed by atoms with Crippen LogP contribution in [0.25, 0.3) is 0 Å². The molecule has 0 unspecified atom stereocenters. The molecule has 0 spiro atoms. The van der Waals surface area contributed by atoms with Crippen molar-refractivity contribution in [3.8, 4) is 0 Å². The molecule has 2 aromatic carbocycles. The minimum absolute atomic E-state index is 0.0292. The van der Waals surface area contributed by atoms with Crippen LogP contribution in [0.4, 0.5) is 10.5 Å². The number of carbonyl (C=O) groups excluding carboxylic acids is 2. The van der Waals surface area contributed by atoms with Crippen LogP contribution in [0.3, 0.4) is 0 Å². The Kier molecular flexibility index (Phi) is 8.06. The Balaban J connectivity index is 1.64. The van der Waals surface area contributed by atoms with Crippen molar-refractivity contribution in [1.82, 2.24) is 10.2 Å². The molecule has 0 bridgehead atoms. The summed E-state index contributed by atoms with van der Waals surface area (Å²) in [5.74, 6) is -1.99. The van der Waals surface area contributed by atoms with Gasteiger partial charge < -0.3 is 20.8 Å². The summed E-state index contributed by atoms with van der Waals surface area (Å²) in [6.07, 6.45) is -1.26. The third-order valence-corrected chi connectivity index (χ3v) is 6.53. The number of carboxylic acids is 1. The Morgan fingerprint density at radius 1 is 1.06 bits per heavy atom. The van der Waals surface area contributed by atoms with Gasteiger partial charge in [-0.05, 0) is 29.8 Å². The molecule has 9 nitrogen and oxygen atoms in total. The number of hydrogen-bond donors (Lipinski definition) is 4. The third-order valence-electron chi connectivity index (χ3n) is 4.89. The van der Waals surface area contributed by atoms with E-state index in [0.717, 1.165) is 4.90 Å². The largest absolute Gasteiger partial charge is 0.480 e. The molecular weight excluding hydrogens is 493 g/mol. The number of carboxylic acid groups (broad SMARTS) is 2. The maximum Gasteiger partial charge on any atom is 0.408 e. The fourth-order valence-electron chi connectivity index (χ4n) is 3.18. The van der Waals surface area contributed by atoms with E-state index in [1.807, 2.05) is 0 Å². The van der Waals surface area contributed by atoms with Gasteiger partial charge in [-0.3, -0.25) is 14.5 Å². The second-order valence-corrected chi connectivity index (χ2v) is 8.93. The van der Waals surface area contributed by atoms with Crippen LogP contribution in [0.5, 0.6) is 0 Å². The molecule has 1 saturated heterocycles. The molecule has 2 aromatic rings. The lowest BCUT2D eigenvalue weighted by Gasteiger charge is -2.22. The SMILES string of the molecule is O=C(Nc1ccc(C[C@H](NC(=O)[C@H]2CSCN2C(=O)O)C(=O)O)cc1)c1c(Cl)cccc1Cl. The van der Waals surface area contributed by atoms with Gasteiger partial charge in [0.05, 0.1) is 21.5 Å². The lowest BCUT2D eigenvalue weighted by Crippen LogP contribution is -2.52. The molecule has 0 aliphatic carbocycles. The first kappa shape index (κ1) is 24.7. The Morgan fingerprint density at radius 2 is 1.70 bits per heavy atom. The number of carbonyl (C=O) groups is 4. The third kappa shape index (κ3) is 6.10. The summed E-state index contributed by atoms with van der Waals surface area (Å²) in [6.45, 7) is 0. The van der Waals surface area contributed by atoms with Gasteiger partial charge in [0, 0.05) is 17.9 Å². The molecule has 3 rings (SSSR count). The highest BCUT2D eigenvalue weighted by Crippen LogP contribution is 2.25. The Morgan fingerprint density at radius 3 is 2.27 bits per heavy atom. The first-order valence-corrected chi connectivity index (χ1v) is 11.5. The molecule has 0 saturated carbocycles. The zero-order chi connectivity index (χ0) is 24.1. The lowest BCUT2D eigenvalue weighted by molar-refractivity contribution is -0.142. The topological polar surface area (TPSA) is 136 Å². The van der Waals surface area contributed by atoms with Crippen LogP contribution in [-0.4, -0.2) is 62.7 Å². The van der Waals surface area contributed by atoms with Gasteiger partial charge in [-0.2, -0.15) is 0 Å². The second-order valence-electron chi connectivity index (χ2n) is 7.12. The summed E-state index contributed by atoms with van der Waals surface area (Å²) in [5.41, 5.74) is 1.17. The summed E-state index contributed by atoms with van der Waals surface area (Å²) in [7, 11) is 0. The van der Waals surface area contributed by atoms with Crippen molar-refractivity contribution in [2.45, 2.75) is 18.5 Å². The maximum absolute atomic E-state index is 12.5. The van der Waals surface area contributed by atoms with Crippen molar-refractivity contribution in [2.24, 2.45) is 0 Å². The normalized spacial score (nSPS) is 16.2. The molecule has 33 heavy (non-hydrogen) atoms. The number of rotatable bonds is 7. The van der Waals surface area contributed by atoms with E-state index >= 15 is 0 Å². The fourth-order valence-corrected chi connectivity index (χ4v) is 4.90. The quantitative estimate of drug-likeness (QED) is 0.447. The maximum atomic E-state index is 12.5. The molecule has 1 aliphatic heterocycles. The Bertz CT molecular complexity index is 1060. The number of hydrogen-bond acceptors (Lipinski definition) is 5. The average molecular weight is 512 g/mol. The van der Waals surface area contributed by atoms with Crippen LogP contribution >= 0.6 is 35.0 Å². The summed E-state index contributed by atoms with van der Waals surface area (Å²) in [4.78, 5) is 48.8. The van der Waals surface area contributed by atoms with E-state index < -0.39 is 36.0 Å². The van der Waals surface area contributed by atoms with E-state index in [1.165, 1.54) is 11.8 Å². The van der Waals surface area contributed by atoms with Crippen molar-refractivity contribution >= 4 is 64.5 Å². The van der Waals surface area contributed by atoms with Gasteiger partial charge in [0.25, 0.3) is 5.91 Å². The zero-order valence-corrected chi connectivity index (χ0v) is 19.3. The summed E-state index contributed by atoms with van der Waals surface area (Å²) < 4.78 is 0. The molecule has 174 valence electrons. The van der Waals surface area contributed by atoms with Crippen LogP contribution in [0, 0.1) is 0 Å². The monoisotopic (exact) mass is 511 g/mol. The van der Waals surface area contributed by atoms with Crippen molar-refractivity contribution < 1.29 is 29.4 Å². The molecule has 12 heteroatoms. The number of benzene rings is 2. The molecular formula is C21H19Cl2N3O6S. The number of nitrogens with zero attached hydrogens (tertiary/aromatic N) is 1. The first-order valence-electron chi connectivity index (χ1n) is 9.62. The van der Waals surface area contributed by atoms with Gasteiger partial charge >= 0.3 is 12.1 Å². The molecule has 1 aliphatic rings. The van der Waals surface area contributed by atoms with Gasteiger partial charge in [0.1, 0.15) is 12.1 Å². The molecule has 2 atom stereocenters. The second kappa shape index (κ2) is 10.8. The molecule has 3 amide bonds. The fraction of sp³-hybridized carbons (Fsp3) is 0.238. The van der Waals surface area contributed by atoms with Crippen LogP contribution < -0.4 is 10.6 Å². The Hall–Kier alpha value is -2.95. The highest BCUT2D eigenvalue weighted by Gasteiger charge is 2.36. The van der Waals surface area contributed by atoms with Crippen molar-refractivity contribution in [1.29, 1.82) is 0 Å². The minimum Gasteiger partial charge on any atom is -0.480 e. The standard InChI is InChI=1S/C21H19Cl2N3O6S/c22-13-2-1-3-14(23)17(13)19(28)24-12-6-4-11(5-7-12)8-15(20(29)30)25-18(27)16-9-33-10-26(16)21(31)32/h1-7,15-16H,8-10H2,(H,24,28)(H,25,27)(H,29,30)(H,31,32)/t15-,16+/m0/s1. The number of thioether (sulfide) groups is 1. The summed E-state index contributed by atoms with van der Waals surface area (Å²) in [6, 6.07) is 8.92. The van der Waals surface area contributed by atoms with Gasteiger partial charge in [0.2, 0.25) is 5.91 Å². The smallest absolute Gasteiger partial charge is 0.408 e. The van der Waals surface area contributed by atoms with Gasteiger partial charge in [0.15, 0.2) is 0 Å². The average Bonchev–Trinajstić information content (AvgIpc) is 3.25. The molecule has 0 radical (unpaired) electrons. The summed E-state index contributed by atoms with van der Waals surface area (Å²) in [5, 5.41) is 24.2. The van der Waals surface area contributed by atoms with E-state index in [9.17, 15) is 29.4 Å². The van der Waals surface area contributed by atoms with Crippen molar-refractivity contribution in [2.75, 3.05) is 16.9 Å². The molecule has 4 N–H and O–H groups in total. The number of halogens is 2. The number of anilines is 1. The zero-order valence-electron chi connectivity index (χ0n) is 17.0. The predicted octanol–water partition coefficient (Wildman–Crippen LogP) is 3.41. The highest BCUT2D eigenvalue weighted by molar-refractivity contribution is 7.99. The van der Waals surface area contributed by atoms with Crippen LogP contribution in [0.15, 0.2) is 42.5 Å². The van der Waals surface area contributed by atoms with Crippen LogP contribution in [0.2, 0.25) is 10.0 Å². The van der Waals surface area contributed by atoms with Gasteiger partial charge in [-0.1, -0.05) is 41.4 Å². The molecule has 0 aromatic heterocycles. The van der Waals surface area contributed by atoms with Gasteiger partial charge in [-0.25, -0.2) is 9.59 Å². The van der Waals surface area contributed by atoms with E-state index in [1.54, 1.807) is 42.5 Å². The lowest BCUT2D eigenvalue weighted by atomic mass is 10.0. The van der Waals surface area contributed by atoms with E-state index in [0.29, 0.717) is 11.3 Å². The minimum atomic E-state index is -1.25. The predicted molar refractivity (Wildman–Crippen MR) is 125 cm³/mol. The van der Waals surface area contributed by atoms with E-state index in [-0.39, 0.29) is 33.7 Å². The van der Waals surface area contributed by atoms with Crippen LogP contribution in [-0.2, 0) is 16.0 Å². The van der Waals surface area contributed by atoms with E-state index in [4.69, 9.17) is 23.2 Å². The van der Waals surface area contributed by atoms with E-state index in [2.05, 4.69) is 10.6 Å². The highest BCUT2D eigenvalue weighted by atomic mass is 35.5. The molecule has 1 heterocycles. The number of nitrogens with one attached hydrogen (secondary N) is 2. The van der Waals surface area contributed by atoms with Crippen molar-refractivity contribution in [3.63, 3.8) is 0 Å². The Labute approximate surface area is 203 Å². The summed E-state index contributed by atoms with van der Waals surface area (Å²) >= 11 is 13.4. The number of amides is 3. The van der Waals surface area contributed by atoms with Crippen LogP contribution in [0.1, 0.15) is 15.9 Å². The first-order chi connectivity index (χ1) is 15.7.